The third-order valence-corrected chi connectivity index (χ3v) is 4.80. The summed E-state index contributed by atoms with van der Waals surface area (Å²) >= 11 is 1.46. The van der Waals surface area contributed by atoms with Crippen molar-refractivity contribution in [3.8, 4) is 5.75 Å². The van der Waals surface area contributed by atoms with Crippen LogP contribution in [0.25, 0.3) is 10.8 Å². The van der Waals surface area contributed by atoms with E-state index in [9.17, 15) is 4.79 Å². The normalized spacial score (nSPS) is 12.3. The highest BCUT2D eigenvalue weighted by Gasteiger charge is 2.15. The van der Waals surface area contributed by atoms with Crippen LogP contribution in [-0.4, -0.2) is 18.0 Å². The molecule has 0 heterocycles. The van der Waals surface area contributed by atoms with Gasteiger partial charge in [-0.15, -0.1) is 0 Å². The maximum Gasteiger partial charge on any atom is 0.196 e. The van der Waals surface area contributed by atoms with Crippen molar-refractivity contribution < 1.29 is 9.53 Å². The molecular formula is C18H22O2S. The van der Waals surface area contributed by atoms with Crippen molar-refractivity contribution in [3.63, 3.8) is 0 Å². The predicted octanol–water partition coefficient (Wildman–Crippen LogP) is 5.01. The summed E-state index contributed by atoms with van der Waals surface area (Å²) in [7, 11) is 1.67. The van der Waals surface area contributed by atoms with Gasteiger partial charge in [0, 0.05) is 5.75 Å². The van der Waals surface area contributed by atoms with Gasteiger partial charge in [0.05, 0.1) is 13.0 Å². The molecule has 21 heavy (non-hydrogen) atoms. The maximum absolute atomic E-state index is 12.2. The summed E-state index contributed by atoms with van der Waals surface area (Å²) in [6, 6.07) is 12.2. The van der Waals surface area contributed by atoms with Crippen molar-refractivity contribution in [2.24, 2.45) is 0 Å². The molecule has 2 nitrogen and oxygen atoms in total. The third-order valence-electron chi connectivity index (χ3n) is 3.67. The van der Waals surface area contributed by atoms with Crippen LogP contribution in [0.4, 0.5) is 0 Å². The molecule has 0 saturated heterocycles. The van der Waals surface area contributed by atoms with Crippen LogP contribution in [0.1, 0.15) is 38.2 Å². The van der Waals surface area contributed by atoms with Gasteiger partial charge in [0.1, 0.15) is 5.75 Å². The minimum absolute atomic E-state index is 0.0571. The molecule has 0 bridgehead atoms. The van der Waals surface area contributed by atoms with Crippen LogP contribution in [0.5, 0.6) is 5.75 Å². The lowest BCUT2D eigenvalue weighted by Gasteiger charge is -2.12. The molecule has 0 unspecified atom stereocenters. The van der Waals surface area contributed by atoms with Crippen molar-refractivity contribution in [2.75, 3.05) is 12.9 Å². The number of unbranched alkanes of at least 4 members (excludes halogenated alkanes) is 1. The first-order valence-corrected chi connectivity index (χ1v) is 8.38. The Bertz CT molecular complexity index is 622. The number of ether oxygens (including phenoxy) is 1. The smallest absolute Gasteiger partial charge is 0.196 e. The molecular weight excluding hydrogens is 280 g/mol. The number of hydrogen-bond donors (Lipinski definition) is 0. The van der Waals surface area contributed by atoms with Gasteiger partial charge in [-0.25, -0.2) is 0 Å². The average molecular weight is 302 g/mol. The number of hydrogen-bond acceptors (Lipinski definition) is 3. The zero-order chi connectivity index (χ0) is 15.2. The average Bonchev–Trinajstić information content (AvgIpc) is 2.53. The first-order chi connectivity index (χ1) is 10.2. The van der Waals surface area contributed by atoms with Crippen LogP contribution in [-0.2, 0) is 4.79 Å². The minimum atomic E-state index is -0.0571. The predicted molar refractivity (Wildman–Crippen MR) is 91.3 cm³/mol. The monoisotopic (exact) mass is 302 g/mol. The van der Waals surface area contributed by atoms with E-state index in [1.807, 2.05) is 31.2 Å². The number of thioether (sulfide) groups is 1. The lowest BCUT2D eigenvalue weighted by molar-refractivity contribution is -0.111. The van der Waals surface area contributed by atoms with E-state index in [2.05, 4.69) is 19.1 Å². The molecule has 112 valence electrons. The van der Waals surface area contributed by atoms with Crippen molar-refractivity contribution in [2.45, 2.75) is 32.6 Å². The van der Waals surface area contributed by atoms with Gasteiger partial charge >= 0.3 is 0 Å². The fraction of sp³-hybridized carbons (Fsp3) is 0.389. The van der Waals surface area contributed by atoms with Gasteiger partial charge in [0.2, 0.25) is 0 Å². The Morgan fingerprint density at radius 2 is 1.90 bits per heavy atom. The Morgan fingerprint density at radius 3 is 2.62 bits per heavy atom. The highest BCUT2D eigenvalue weighted by Crippen LogP contribution is 2.28. The molecule has 0 N–H and O–H groups in total. The summed E-state index contributed by atoms with van der Waals surface area (Å²) < 4.78 is 5.24. The first kappa shape index (κ1) is 15.9. The molecule has 0 spiro atoms. The molecule has 2 aromatic carbocycles. The Kier molecular flexibility index (Phi) is 5.68. The van der Waals surface area contributed by atoms with E-state index in [-0.39, 0.29) is 11.0 Å². The molecule has 2 rings (SSSR count). The Hall–Kier alpha value is -1.48. The van der Waals surface area contributed by atoms with E-state index in [0.717, 1.165) is 40.7 Å². The molecule has 0 aliphatic carbocycles. The van der Waals surface area contributed by atoms with E-state index in [1.165, 1.54) is 11.8 Å². The van der Waals surface area contributed by atoms with E-state index in [0.29, 0.717) is 0 Å². The Morgan fingerprint density at radius 1 is 1.19 bits per heavy atom. The number of benzene rings is 2. The highest BCUT2D eigenvalue weighted by atomic mass is 32.2. The van der Waals surface area contributed by atoms with Gasteiger partial charge in [-0.2, -0.15) is 0 Å². The van der Waals surface area contributed by atoms with Gasteiger partial charge in [-0.1, -0.05) is 56.3 Å². The first-order valence-electron chi connectivity index (χ1n) is 7.40. The van der Waals surface area contributed by atoms with Gasteiger partial charge in [0.15, 0.2) is 5.12 Å². The standard InChI is InChI=1S/C18H22O2S/c1-4-5-10-21-18(19)13(2)14-6-7-16-12-17(20-3)9-8-15(16)11-14/h6-9,11-13H,4-5,10H2,1-3H3/t13-/m0/s1. The SMILES string of the molecule is CCCCSC(=O)[C@@H](C)c1ccc2cc(OC)ccc2c1. The molecule has 0 saturated carbocycles. The minimum Gasteiger partial charge on any atom is -0.497 e. The van der Waals surface area contributed by atoms with Gasteiger partial charge in [-0.05, 0) is 34.9 Å². The van der Waals surface area contributed by atoms with Crippen LogP contribution >= 0.6 is 11.8 Å². The van der Waals surface area contributed by atoms with E-state index >= 15 is 0 Å². The number of methoxy groups -OCH3 is 1. The summed E-state index contributed by atoms with van der Waals surface area (Å²) in [6.45, 7) is 4.14. The highest BCUT2D eigenvalue weighted by molar-refractivity contribution is 8.13. The van der Waals surface area contributed by atoms with Gasteiger partial charge in [0.25, 0.3) is 0 Å². The second kappa shape index (κ2) is 7.51. The van der Waals surface area contributed by atoms with Crippen LogP contribution in [0.3, 0.4) is 0 Å². The molecule has 0 amide bonds. The lowest BCUT2D eigenvalue weighted by atomic mass is 9.99. The van der Waals surface area contributed by atoms with E-state index in [4.69, 9.17) is 4.74 Å². The zero-order valence-electron chi connectivity index (χ0n) is 12.9. The Labute approximate surface area is 130 Å². The second-order valence-electron chi connectivity index (χ2n) is 5.22. The molecule has 0 aliphatic rings. The largest absolute Gasteiger partial charge is 0.497 e. The summed E-state index contributed by atoms with van der Waals surface area (Å²) in [5.41, 5.74) is 1.08. The van der Waals surface area contributed by atoms with Crippen molar-refractivity contribution in [1.29, 1.82) is 0 Å². The van der Waals surface area contributed by atoms with E-state index < -0.39 is 0 Å². The summed E-state index contributed by atoms with van der Waals surface area (Å²) in [5, 5.41) is 2.54. The quantitative estimate of drug-likeness (QED) is 0.701. The fourth-order valence-corrected chi connectivity index (χ4v) is 3.24. The molecule has 0 radical (unpaired) electrons. The van der Waals surface area contributed by atoms with Crippen molar-refractivity contribution >= 4 is 27.6 Å². The van der Waals surface area contributed by atoms with Crippen molar-refractivity contribution in [3.05, 3.63) is 42.0 Å². The van der Waals surface area contributed by atoms with Gasteiger partial charge < -0.3 is 4.74 Å². The van der Waals surface area contributed by atoms with Crippen LogP contribution < -0.4 is 4.74 Å². The molecule has 3 heteroatoms. The fourth-order valence-electron chi connectivity index (χ4n) is 2.22. The van der Waals surface area contributed by atoms with Crippen molar-refractivity contribution in [1.82, 2.24) is 0 Å². The molecule has 0 aliphatic heterocycles. The lowest BCUT2D eigenvalue weighted by Crippen LogP contribution is -2.05. The summed E-state index contributed by atoms with van der Waals surface area (Å²) in [5.74, 6) is 1.72. The number of rotatable bonds is 6. The molecule has 2 aromatic rings. The van der Waals surface area contributed by atoms with Crippen LogP contribution in [0, 0.1) is 0 Å². The van der Waals surface area contributed by atoms with Crippen LogP contribution in [0.15, 0.2) is 36.4 Å². The summed E-state index contributed by atoms with van der Waals surface area (Å²) in [6.07, 6.45) is 2.23. The van der Waals surface area contributed by atoms with E-state index in [1.54, 1.807) is 7.11 Å². The summed E-state index contributed by atoms with van der Waals surface area (Å²) in [4.78, 5) is 12.2. The zero-order valence-corrected chi connectivity index (χ0v) is 13.7. The van der Waals surface area contributed by atoms with Gasteiger partial charge in [-0.3, -0.25) is 4.79 Å². The third kappa shape index (κ3) is 4.01. The maximum atomic E-state index is 12.2. The topological polar surface area (TPSA) is 26.3 Å². The Balaban J connectivity index is 2.16. The number of carbonyl (C=O) groups is 1. The second-order valence-corrected chi connectivity index (χ2v) is 6.31. The number of carbonyl (C=O) groups excluding carboxylic acids is 1. The molecule has 0 fully saturated rings. The van der Waals surface area contributed by atoms with Crippen LogP contribution in [0.2, 0.25) is 0 Å². The molecule has 0 aromatic heterocycles. The molecule has 1 atom stereocenters. The number of fused-ring (bicyclic) bond motifs is 1.